The first kappa shape index (κ1) is 24.8. The SMILES string of the molecule is C/C(=N\NC(=O)CCCC(=O)O)c1c(O)n(-c2cc(C)cc(C)c2)c2cc(C(F)(F)F)ccc12. The van der Waals surface area contributed by atoms with Crippen LogP contribution in [0.4, 0.5) is 13.2 Å². The summed E-state index contributed by atoms with van der Waals surface area (Å²) < 4.78 is 41.6. The third-order valence-corrected chi connectivity index (χ3v) is 5.24. The van der Waals surface area contributed by atoms with Crippen LogP contribution in [0, 0.1) is 13.8 Å². The molecule has 1 amide bonds. The minimum atomic E-state index is -4.57. The predicted octanol–water partition coefficient (Wildman–Crippen LogP) is 5.07. The van der Waals surface area contributed by atoms with Crippen molar-refractivity contribution in [2.45, 2.75) is 46.2 Å². The molecule has 0 aliphatic rings. The van der Waals surface area contributed by atoms with Crippen molar-refractivity contribution in [2.24, 2.45) is 5.10 Å². The number of benzene rings is 2. The van der Waals surface area contributed by atoms with E-state index in [2.05, 4.69) is 10.5 Å². The molecule has 0 saturated heterocycles. The summed E-state index contributed by atoms with van der Waals surface area (Å²) >= 11 is 0. The number of aromatic hydroxyl groups is 1. The number of carbonyl (C=O) groups is 2. The van der Waals surface area contributed by atoms with Gasteiger partial charge in [-0.05, 0) is 62.6 Å². The fourth-order valence-electron chi connectivity index (χ4n) is 3.81. The van der Waals surface area contributed by atoms with Crippen LogP contribution in [0.15, 0.2) is 41.5 Å². The second-order valence-corrected chi connectivity index (χ2v) is 8.09. The summed E-state index contributed by atoms with van der Waals surface area (Å²) in [4.78, 5) is 22.5. The van der Waals surface area contributed by atoms with E-state index in [-0.39, 0.29) is 41.9 Å². The average Bonchev–Trinajstić information content (AvgIpc) is 3.01. The third kappa shape index (κ3) is 5.38. The molecule has 10 heteroatoms. The standard InChI is InChI=1S/C24H24F3N3O4/c1-13-9-14(2)11-17(10-13)30-19-12-16(24(25,26)27)7-8-18(19)22(23(30)34)15(3)28-29-20(31)5-4-6-21(32)33/h7-12,34H,4-6H2,1-3H3,(H,29,31)(H,32,33)/b28-15+. The van der Waals surface area contributed by atoms with Crippen molar-refractivity contribution in [3.8, 4) is 11.6 Å². The number of hydrazone groups is 1. The van der Waals surface area contributed by atoms with Crippen LogP contribution in [0.25, 0.3) is 16.6 Å². The number of hydrogen-bond donors (Lipinski definition) is 3. The van der Waals surface area contributed by atoms with Gasteiger partial charge in [-0.1, -0.05) is 12.1 Å². The molecule has 34 heavy (non-hydrogen) atoms. The molecule has 0 spiro atoms. The number of rotatable bonds is 7. The molecule has 180 valence electrons. The zero-order chi connectivity index (χ0) is 25.2. The van der Waals surface area contributed by atoms with Crippen LogP contribution in [-0.2, 0) is 15.8 Å². The van der Waals surface area contributed by atoms with Crippen LogP contribution in [0.3, 0.4) is 0 Å². The largest absolute Gasteiger partial charge is 0.494 e. The number of amides is 1. The molecule has 0 aliphatic heterocycles. The molecule has 3 aromatic rings. The zero-order valence-electron chi connectivity index (χ0n) is 18.8. The topological polar surface area (TPSA) is 104 Å². The van der Waals surface area contributed by atoms with E-state index in [9.17, 15) is 27.9 Å². The normalized spacial score (nSPS) is 12.2. The number of nitrogens with one attached hydrogen (secondary N) is 1. The lowest BCUT2D eigenvalue weighted by Crippen LogP contribution is -2.19. The van der Waals surface area contributed by atoms with Gasteiger partial charge < -0.3 is 10.2 Å². The Balaban J connectivity index is 2.11. The van der Waals surface area contributed by atoms with E-state index in [1.165, 1.54) is 17.6 Å². The molecule has 0 unspecified atom stereocenters. The van der Waals surface area contributed by atoms with E-state index >= 15 is 0 Å². The Morgan fingerprint density at radius 3 is 2.29 bits per heavy atom. The second kappa shape index (κ2) is 9.58. The van der Waals surface area contributed by atoms with Gasteiger partial charge in [0.1, 0.15) is 0 Å². The number of hydrogen-bond acceptors (Lipinski definition) is 4. The summed E-state index contributed by atoms with van der Waals surface area (Å²) in [5, 5.41) is 24.1. The summed E-state index contributed by atoms with van der Waals surface area (Å²) in [6.45, 7) is 5.19. The van der Waals surface area contributed by atoms with E-state index in [1.54, 1.807) is 12.1 Å². The molecule has 7 nitrogen and oxygen atoms in total. The number of aryl methyl sites for hydroxylation is 2. The fraction of sp³-hybridized carbons (Fsp3) is 0.292. The molecule has 0 atom stereocenters. The van der Waals surface area contributed by atoms with Crippen LogP contribution >= 0.6 is 0 Å². The summed E-state index contributed by atoms with van der Waals surface area (Å²) in [6.07, 6.45) is -4.67. The van der Waals surface area contributed by atoms with E-state index in [1.807, 2.05) is 19.9 Å². The number of alkyl halides is 3. The lowest BCUT2D eigenvalue weighted by atomic mass is 10.1. The molecule has 1 heterocycles. The van der Waals surface area contributed by atoms with Gasteiger partial charge in [-0.15, -0.1) is 0 Å². The Hall–Kier alpha value is -3.82. The van der Waals surface area contributed by atoms with Crippen LogP contribution in [0.5, 0.6) is 5.88 Å². The number of aliphatic carboxylic acids is 1. The van der Waals surface area contributed by atoms with Crippen molar-refractivity contribution in [3.63, 3.8) is 0 Å². The molecule has 0 aliphatic carbocycles. The lowest BCUT2D eigenvalue weighted by Gasteiger charge is -2.11. The highest BCUT2D eigenvalue weighted by Gasteiger charge is 2.32. The highest BCUT2D eigenvalue weighted by Crippen LogP contribution is 2.39. The summed E-state index contributed by atoms with van der Waals surface area (Å²) in [5.41, 5.74) is 4.14. The highest BCUT2D eigenvalue weighted by atomic mass is 19.4. The van der Waals surface area contributed by atoms with Gasteiger partial charge in [0.2, 0.25) is 11.8 Å². The molecule has 2 aromatic carbocycles. The first-order chi connectivity index (χ1) is 15.9. The quantitative estimate of drug-likeness (QED) is 0.328. The van der Waals surface area contributed by atoms with Crippen molar-refractivity contribution < 1.29 is 33.0 Å². The molecule has 1 aromatic heterocycles. The number of carbonyl (C=O) groups excluding carboxylic acids is 1. The molecular weight excluding hydrogens is 451 g/mol. The van der Waals surface area contributed by atoms with Crippen molar-refractivity contribution in [2.75, 3.05) is 0 Å². The van der Waals surface area contributed by atoms with Crippen molar-refractivity contribution in [1.29, 1.82) is 0 Å². The van der Waals surface area contributed by atoms with Gasteiger partial charge in [-0.25, -0.2) is 5.43 Å². The van der Waals surface area contributed by atoms with Crippen LogP contribution in [-0.4, -0.2) is 32.4 Å². The van der Waals surface area contributed by atoms with E-state index in [4.69, 9.17) is 5.11 Å². The Morgan fingerprint density at radius 1 is 1.06 bits per heavy atom. The Bertz CT molecular complexity index is 1270. The van der Waals surface area contributed by atoms with Crippen molar-refractivity contribution in [1.82, 2.24) is 9.99 Å². The van der Waals surface area contributed by atoms with Crippen molar-refractivity contribution >= 4 is 28.5 Å². The van der Waals surface area contributed by atoms with Gasteiger partial charge in [0, 0.05) is 23.9 Å². The first-order valence-corrected chi connectivity index (χ1v) is 10.5. The smallest absolute Gasteiger partial charge is 0.416 e. The number of carboxylic acids is 1. The minimum absolute atomic E-state index is 0.0612. The maximum atomic E-state index is 13.4. The molecule has 0 radical (unpaired) electrons. The number of fused-ring (bicyclic) bond motifs is 1. The second-order valence-electron chi connectivity index (χ2n) is 8.09. The van der Waals surface area contributed by atoms with Gasteiger partial charge in [0.15, 0.2) is 0 Å². The summed E-state index contributed by atoms with van der Waals surface area (Å²) in [7, 11) is 0. The third-order valence-electron chi connectivity index (χ3n) is 5.24. The number of carboxylic acid groups (broad SMARTS) is 1. The molecule has 3 rings (SSSR count). The lowest BCUT2D eigenvalue weighted by molar-refractivity contribution is -0.138. The fourth-order valence-corrected chi connectivity index (χ4v) is 3.81. The molecule has 0 bridgehead atoms. The Kier molecular flexibility index (Phi) is 6.99. The van der Waals surface area contributed by atoms with E-state index in [0.29, 0.717) is 11.1 Å². The van der Waals surface area contributed by atoms with Gasteiger partial charge in [0.25, 0.3) is 0 Å². The van der Waals surface area contributed by atoms with Gasteiger partial charge in [-0.3, -0.25) is 14.2 Å². The average molecular weight is 475 g/mol. The zero-order valence-corrected chi connectivity index (χ0v) is 18.8. The molecular formula is C24H24F3N3O4. The Labute approximate surface area is 193 Å². The Morgan fingerprint density at radius 2 is 1.71 bits per heavy atom. The first-order valence-electron chi connectivity index (χ1n) is 10.5. The molecule has 0 fully saturated rings. The minimum Gasteiger partial charge on any atom is -0.494 e. The van der Waals surface area contributed by atoms with Crippen molar-refractivity contribution in [3.05, 3.63) is 58.7 Å². The van der Waals surface area contributed by atoms with Crippen LogP contribution < -0.4 is 5.43 Å². The number of aromatic nitrogens is 1. The summed E-state index contributed by atoms with van der Waals surface area (Å²) in [5.74, 6) is -1.85. The maximum Gasteiger partial charge on any atom is 0.416 e. The summed E-state index contributed by atoms with van der Waals surface area (Å²) in [6, 6.07) is 8.55. The van der Waals surface area contributed by atoms with E-state index in [0.717, 1.165) is 23.3 Å². The molecule has 3 N–H and O–H groups in total. The number of halogens is 3. The van der Waals surface area contributed by atoms with Crippen LogP contribution in [0.2, 0.25) is 0 Å². The maximum absolute atomic E-state index is 13.4. The van der Waals surface area contributed by atoms with Gasteiger partial charge in [0.05, 0.1) is 22.4 Å². The number of nitrogens with zero attached hydrogens (tertiary/aromatic N) is 2. The van der Waals surface area contributed by atoms with Crippen LogP contribution in [0.1, 0.15) is 48.4 Å². The monoisotopic (exact) mass is 475 g/mol. The predicted molar refractivity (Wildman–Crippen MR) is 121 cm³/mol. The highest BCUT2D eigenvalue weighted by molar-refractivity contribution is 6.13. The van der Waals surface area contributed by atoms with Gasteiger partial charge >= 0.3 is 12.1 Å². The van der Waals surface area contributed by atoms with E-state index < -0.39 is 23.6 Å². The van der Waals surface area contributed by atoms with Gasteiger partial charge in [-0.2, -0.15) is 18.3 Å². The molecule has 0 saturated carbocycles.